The summed E-state index contributed by atoms with van der Waals surface area (Å²) in [7, 11) is 0. The third-order valence-corrected chi connectivity index (χ3v) is 7.55. The van der Waals surface area contributed by atoms with E-state index in [1.807, 2.05) is 23.1 Å². The standard InChI is InChI=1S/C33H30N6O7/c40-30(41)20-27(25-7-4-14-34-21-25)35-32(43)24-10-13-29(28(19-24)36-31(42)22-8-11-26(12-9-22)39(45)46)37-15-17-38(18-16-37)33(44)23-5-2-1-3-6-23/h1-14,19,21,27H,15-18,20H2,(H,35,43)(H,36,42)(H,40,41). The van der Waals surface area contributed by atoms with E-state index in [9.17, 15) is 34.4 Å². The first-order chi connectivity index (χ1) is 22.2. The molecule has 46 heavy (non-hydrogen) atoms. The molecule has 1 aromatic heterocycles. The molecule has 2 heterocycles. The van der Waals surface area contributed by atoms with Crippen LogP contribution >= 0.6 is 0 Å². The molecule has 13 heteroatoms. The monoisotopic (exact) mass is 622 g/mol. The van der Waals surface area contributed by atoms with Crippen molar-refractivity contribution in [1.82, 2.24) is 15.2 Å². The minimum absolute atomic E-state index is 0.0801. The SMILES string of the molecule is O=C(O)CC(NC(=O)c1ccc(N2CCN(C(=O)c3ccccc3)CC2)c(NC(=O)c2ccc([N+](=O)[O-])cc2)c1)c1cccnc1. The second kappa shape index (κ2) is 14.1. The van der Waals surface area contributed by atoms with E-state index in [1.165, 1.54) is 36.5 Å². The molecule has 1 unspecified atom stereocenters. The second-order valence-electron chi connectivity index (χ2n) is 10.5. The number of nitro groups is 1. The lowest BCUT2D eigenvalue weighted by molar-refractivity contribution is -0.384. The Bertz CT molecular complexity index is 1740. The summed E-state index contributed by atoms with van der Waals surface area (Å²) < 4.78 is 0. The largest absolute Gasteiger partial charge is 0.481 e. The van der Waals surface area contributed by atoms with Crippen molar-refractivity contribution in [3.05, 3.63) is 130 Å². The van der Waals surface area contributed by atoms with E-state index in [0.29, 0.717) is 48.7 Å². The molecule has 1 atom stereocenters. The Morgan fingerprint density at radius 1 is 0.848 bits per heavy atom. The van der Waals surface area contributed by atoms with Gasteiger partial charge in [-0.1, -0.05) is 24.3 Å². The first-order valence-corrected chi connectivity index (χ1v) is 14.4. The maximum absolute atomic E-state index is 13.4. The maximum atomic E-state index is 13.4. The van der Waals surface area contributed by atoms with Gasteiger partial charge in [0.05, 0.1) is 28.8 Å². The number of piperazine rings is 1. The summed E-state index contributed by atoms with van der Waals surface area (Å²) in [5.41, 5.74) is 2.19. The fourth-order valence-corrected chi connectivity index (χ4v) is 5.15. The van der Waals surface area contributed by atoms with Crippen molar-refractivity contribution in [2.24, 2.45) is 0 Å². The Labute approximate surface area is 263 Å². The molecule has 234 valence electrons. The Morgan fingerprint density at radius 2 is 1.54 bits per heavy atom. The van der Waals surface area contributed by atoms with Gasteiger partial charge in [-0.3, -0.25) is 34.3 Å². The van der Waals surface area contributed by atoms with Gasteiger partial charge in [-0.15, -0.1) is 0 Å². The van der Waals surface area contributed by atoms with Gasteiger partial charge in [-0.2, -0.15) is 0 Å². The van der Waals surface area contributed by atoms with Gasteiger partial charge in [0.2, 0.25) is 0 Å². The van der Waals surface area contributed by atoms with Gasteiger partial charge in [0.15, 0.2) is 0 Å². The molecule has 3 aromatic carbocycles. The van der Waals surface area contributed by atoms with Crippen LogP contribution in [-0.4, -0.2) is 69.8 Å². The van der Waals surface area contributed by atoms with Gasteiger partial charge >= 0.3 is 5.97 Å². The molecule has 0 aliphatic carbocycles. The molecule has 0 bridgehead atoms. The quantitative estimate of drug-likeness (QED) is 0.173. The highest BCUT2D eigenvalue weighted by Crippen LogP contribution is 2.30. The Morgan fingerprint density at radius 3 is 2.17 bits per heavy atom. The lowest BCUT2D eigenvalue weighted by Gasteiger charge is -2.37. The Balaban J connectivity index is 1.40. The highest BCUT2D eigenvalue weighted by Gasteiger charge is 2.26. The average Bonchev–Trinajstić information content (AvgIpc) is 3.08. The number of benzene rings is 3. The van der Waals surface area contributed by atoms with Crippen LogP contribution in [0.25, 0.3) is 0 Å². The van der Waals surface area contributed by atoms with Crippen LogP contribution in [0.5, 0.6) is 0 Å². The van der Waals surface area contributed by atoms with Gasteiger partial charge in [-0.25, -0.2) is 0 Å². The molecular formula is C33H30N6O7. The van der Waals surface area contributed by atoms with Crippen LogP contribution in [0.2, 0.25) is 0 Å². The highest BCUT2D eigenvalue weighted by molar-refractivity contribution is 6.07. The topological polar surface area (TPSA) is 175 Å². The molecule has 0 saturated carbocycles. The fourth-order valence-electron chi connectivity index (χ4n) is 5.15. The first kappa shape index (κ1) is 31.3. The number of nitro benzene ring substituents is 1. The fraction of sp³-hybridized carbons (Fsp3) is 0.182. The van der Waals surface area contributed by atoms with E-state index >= 15 is 0 Å². The summed E-state index contributed by atoms with van der Waals surface area (Å²) in [5, 5.41) is 26.1. The second-order valence-corrected chi connectivity index (χ2v) is 10.5. The lowest BCUT2D eigenvalue weighted by Crippen LogP contribution is -2.49. The van der Waals surface area contributed by atoms with Crippen LogP contribution in [0.4, 0.5) is 17.1 Å². The van der Waals surface area contributed by atoms with Gasteiger partial charge < -0.3 is 25.5 Å². The maximum Gasteiger partial charge on any atom is 0.305 e. The number of aliphatic carboxylic acids is 1. The van der Waals surface area contributed by atoms with Crippen LogP contribution < -0.4 is 15.5 Å². The normalized spacial score (nSPS) is 13.4. The van der Waals surface area contributed by atoms with E-state index in [0.717, 1.165) is 0 Å². The number of hydrogen-bond donors (Lipinski definition) is 3. The number of pyridine rings is 1. The van der Waals surface area contributed by atoms with E-state index in [1.54, 1.807) is 47.5 Å². The third kappa shape index (κ3) is 7.50. The molecule has 0 radical (unpaired) electrons. The minimum atomic E-state index is -1.11. The molecule has 3 N–H and O–H groups in total. The Hall–Kier alpha value is -6.11. The van der Waals surface area contributed by atoms with E-state index in [2.05, 4.69) is 15.6 Å². The van der Waals surface area contributed by atoms with Crippen molar-refractivity contribution in [2.45, 2.75) is 12.5 Å². The van der Waals surface area contributed by atoms with Crippen molar-refractivity contribution < 1.29 is 29.2 Å². The summed E-state index contributed by atoms with van der Waals surface area (Å²) in [6.45, 7) is 1.75. The summed E-state index contributed by atoms with van der Waals surface area (Å²) in [6, 6.07) is 21.3. The molecule has 1 aliphatic rings. The van der Waals surface area contributed by atoms with Crippen molar-refractivity contribution in [2.75, 3.05) is 36.4 Å². The number of nitrogens with one attached hydrogen (secondary N) is 2. The van der Waals surface area contributed by atoms with Crippen molar-refractivity contribution in [1.29, 1.82) is 0 Å². The summed E-state index contributed by atoms with van der Waals surface area (Å²) >= 11 is 0. The number of carbonyl (C=O) groups excluding carboxylic acids is 3. The molecule has 5 rings (SSSR count). The van der Waals surface area contributed by atoms with Crippen LogP contribution in [0.1, 0.15) is 49.1 Å². The van der Waals surface area contributed by atoms with E-state index in [4.69, 9.17) is 0 Å². The summed E-state index contributed by atoms with van der Waals surface area (Å²) in [6.07, 6.45) is 2.65. The number of nitrogens with zero attached hydrogens (tertiary/aromatic N) is 4. The molecule has 4 aromatic rings. The van der Waals surface area contributed by atoms with Crippen LogP contribution in [0.15, 0.2) is 97.3 Å². The van der Waals surface area contributed by atoms with Crippen LogP contribution in [0, 0.1) is 10.1 Å². The van der Waals surface area contributed by atoms with Crippen molar-refractivity contribution in [3.8, 4) is 0 Å². The smallest absolute Gasteiger partial charge is 0.305 e. The number of hydrogen-bond acceptors (Lipinski definition) is 8. The molecular weight excluding hydrogens is 592 g/mol. The number of carbonyl (C=O) groups is 4. The van der Waals surface area contributed by atoms with Crippen LogP contribution in [0.3, 0.4) is 0 Å². The molecule has 1 fully saturated rings. The summed E-state index contributed by atoms with van der Waals surface area (Å²) in [4.78, 5) is 69.5. The number of rotatable bonds is 10. The molecule has 1 aliphatic heterocycles. The van der Waals surface area contributed by atoms with Gasteiger partial charge in [-0.05, 0) is 54.1 Å². The van der Waals surface area contributed by atoms with Gasteiger partial charge in [0.1, 0.15) is 0 Å². The predicted octanol–water partition coefficient (Wildman–Crippen LogP) is 4.15. The Kier molecular flexibility index (Phi) is 9.61. The molecule has 13 nitrogen and oxygen atoms in total. The molecule has 0 spiro atoms. The lowest BCUT2D eigenvalue weighted by atomic mass is 10.0. The van der Waals surface area contributed by atoms with E-state index < -0.39 is 28.7 Å². The van der Waals surface area contributed by atoms with Gasteiger partial charge in [0, 0.05) is 67.4 Å². The minimum Gasteiger partial charge on any atom is -0.481 e. The number of non-ortho nitro benzene ring substituents is 1. The predicted molar refractivity (Wildman–Crippen MR) is 169 cm³/mol. The highest BCUT2D eigenvalue weighted by atomic mass is 16.6. The number of aromatic nitrogens is 1. The number of carboxylic acids is 1. The number of amides is 3. The van der Waals surface area contributed by atoms with Crippen molar-refractivity contribution in [3.63, 3.8) is 0 Å². The van der Waals surface area contributed by atoms with Gasteiger partial charge in [0.25, 0.3) is 23.4 Å². The molecule has 3 amide bonds. The zero-order valence-corrected chi connectivity index (χ0v) is 24.5. The third-order valence-electron chi connectivity index (χ3n) is 7.55. The number of carboxylic acid groups (broad SMARTS) is 1. The zero-order valence-electron chi connectivity index (χ0n) is 24.5. The molecule has 1 saturated heterocycles. The first-order valence-electron chi connectivity index (χ1n) is 14.4. The van der Waals surface area contributed by atoms with Crippen molar-refractivity contribution >= 4 is 40.8 Å². The van der Waals surface area contributed by atoms with E-state index in [-0.39, 0.29) is 29.1 Å². The summed E-state index contributed by atoms with van der Waals surface area (Å²) in [5.74, 6) is -2.30. The average molecular weight is 623 g/mol. The number of anilines is 2. The van der Waals surface area contributed by atoms with Crippen LogP contribution in [-0.2, 0) is 4.79 Å². The zero-order chi connectivity index (χ0) is 32.6.